The van der Waals surface area contributed by atoms with Gasteiger partial charge in [-0.15, -0.1) is 0 Å². The minimum absolute atomic E-state index is 0.0340. The molecule has 0 bridgehead atoms. The van der Waals surface area contributed by atoms with Gasteiger partial charge in [0.05, 0.1) is 68.5 Å². The standard InChI is InChI=1S/C37H26F9N5/c1-21-5-4-6-31(48-21)20-47-32-16-24(15-28(19-32)37(44,45)46)25-17-33(22(2)49-29-11-7-26(8-12-29)35(38,39)40)51-34(18-25)23(3)50-30-13-9-27(10-14-30)36(41,42)43/h4-20H,1-3H3. The van der Waals surface area contributed by atoms with E-state index in [4.69, 9.17) is 0 Å². The second-order valence-corrected chi connectivity index (χ2v) is 11.3. The Kier molecular flexibility index (Phi) is 10.3. The number of hydrogen-bond donors (Lipinski definition) is 0. The van der Waals surface area contributed by atoms with Crippen molar-refractivity contribution in [3.63, 3.8) is 0 Å². The van der Waals surface area contributed by atoms with Crippen LogP contribution in [0.25, 0.3) is 11.1 Å². The summed E-state index contributed by atoms with van der Waals surface area (Å²) in [4.78, 5) is 21.8. The lowest BCUT2D eigenvalue weighted by Crippen LogP contribution is -2.08. The lowest BCUT2D eigenvalue weighted by molar-refractivity contribution is -0.138. The molecule has 0 atom stereocenters. The third kappa shape index (κ3) is 9.53. The Bertz CT molecular complexity index is 2040. The highest BCUT2D eigenvalue weighted by Crippen LogP contribution is 2.37. The Balaban J connectivity index is 1.64. The zero-order valence-electron chi connectivity index (χ0n) is 27.0. The Morgan fingerprint density at radius 1 is 0.529 bits per heavy atom. The minimum atomic E-state index is -4.75. The Morgan fingerprint density at radius 2 is 1.00 bits per heavy atom. The first-order chi connectivity index (χ1) is 23.8. The molecular formula is C37H26F9N5. The lowest BCUT2D eigenvalue weighted by Gasteiger charge is -2.13. The van der Waals surface area contributed by atoms with Crippen molar-refractivity contribution in [2.24, 2.45) is 15.0 Å². The number of pyridine rings is 2. The molecule has 0 N–H and O–H groups in total. The number of alkyl halides is 9. The molecule has 0 amide bonds. The number of aryl methyl sites for hydroxylation is 1. The van der Waals surface area contributed by atoms with Crippen LogP contribution in [0.2, 0.25) is 0 Å². The van der Waals surface area contributed by atoms with Crippen molar-refractivity contribution >= 4 is 34.7 Å². The van der Waals surface area contributed by atoms with Crippen molar-refractivity contribution in [2.75, 3.05) is 0 Å². The average Bonchev–Trinajstić information content (AvgIpc) is 3.06. The van der Waals surface area contributed by atoms with E-state index >= 15 is 0 Å². The minimum Gasteiger partial charge on any atom is -0.255 e. The van der Waals surface area contributed by atoms with Crippen molar-refractivity contribution in [3.8, 4) is 11.1 Å². The zero-order valence-corrected chi connectivity index (χ0v) is 27.0. The van der Waals surface area contributed by atoms with Crippen LogP contribution in [-0.2, 0) is 18.5 Å². The number of aliphatic imine (C=N–C) groups is 3. The van der Waals surface area contributed by atoms with Gasteiger partial charge in [0.2, 0.25) is 0 Å². The van der Waals surface area contributed by atoms with Gasteiger partial charge in [0.25, 0.3) is 0 Å². The molecule has 3 aromatic carbocycles. The van der Waals surface area contributed by atoms with Crippen LogP contribution < -0.4 is 0 Å². The number of nitrogens with zero attached hydrogens (tertiary/aromatic N) is 5. The van der Waals surface area contributed by atoms with Gasteiger partial charge in [-0.2, -0.15) is 39.5 Å². The van der Waals surface area contributed by atoms with Crippen LogP contribution >= 0.6 is 0 Å². The molecule has 0 radical (unpaired) electrons. The van der Waals surface area contributed by atoms with Gasteiger partial charge in [-0.25, -0.2) is 4.98 Å². The molecule has 5 rings (SSSR count). The highest BCUT2D eigenvalue weighted by Gasteiger charge is 2.32. The number of benzene rings is 3. The van der Waals surface area contributed by atoms with Crippen LogP contribution in [0.3, 0.4) is 0 Å². The van der Waals surface area contributed by atoms with Crippen molar-refractivity contribution in [1.82, 2.24) is 9.97 Å². The summed E-state index contributed by atoms with van der Waals surface area (Å²) in [6.45, 7) is 4.79. The largest absolute Gasteiger partial charge is 0.416 e. The number of aromatic nitrogens is 2. The van der Waals surface area contributed by atoms with Gasteiger partial charge in [0, 0.05) is 5.69 Å². The van der Waals surface area contributed by atoms with Crippen molar-refractivity contribution in [3.05, 3.63) is 137 Å². The molecule has 5 aromatic rings. The summed E-state index contributed by atoms with van der Waals surface area (Å²) < 4.78 is 121. The first kappa shape index (κ1) is 36.6. The van der Waals surface area contributed by atoms with Crippen molar-refractivity contribution in [2.45, 2.75) is 39.3 Å². The summed E-state index contributed by atoms with van der Waals surface area (Å²) >= 11 is 0. The molecule has 0 saturated heterocycles. The van der Waals surface area contributed by atoms with E-state index in [9.17, 15) is 39.5 Å². The summed E-state index contributed by atoms with van der Waals surface area (Å²) in [6, 6.07) is 19.4. The van der Waals surface area contributed by atoms with E-state index in [0.717, 1.165) is 60.7 Å². The summed E-state index contributed by atoms with van der Waals surface area (Å²) in [7, 11) is 0. The van der Waals surface area contributed by atoms with Crippen molar-refractivity contribution in [1.29, 1.82) is 0 Å². The highest BCUT2D eigenvalue weighted by atomic mass is 19.4. The van der Waals surface area contributed by atoms with Crippen LogP contribution in [0.5, 0.6) is 0 Å². The maximum atomic E-state index is 14.1. The number of halogens is 9. The molecule has 262 valence electrons. The fraction of sp³-hybridized carbons (Fsp3) is 0.162. The fourth-order valence-electron chi connectivity index (χ4n) is 4.81. The predicted molar refractivity (Wildman–Crippen MR) is 178 cm³/mol. The van der Waals surface area contributed by atoms with Gasteiger partial charge in [-0.3, -0.25) is 20.0 Å². The summed E-state index contributed by atoms with van der Waals surface area (Å²) in [5.74, 6) is 0. The van der Waals surface area contributed by atoms with E-state index in [-0.39, 0.29) is 51.0 Å². The first-order valence-electron chi connectivity index (χ1n) is 15.0. The van der Waals surface area contributed by atoms with E-state index in [0.29, 0.717) is 11.4 Å². The second-order valence-electron chi connectivity index (χ2n) is 11.3. The molecule has 0 fully saturated rings. The Hall–Kier alpha value is -5.66. The highest BCUT2D eigenvalue weighted by molar-refractivity contribution is 6.04. The number of rotatable bonds is 7. The van der Waals surface area contributed by atoms with Crippen LogP contribution in [-0.4, -0.2) is 27.6 Å². The SMILES string of the molecule is CC(=Nc1ccc(C(F)(F)F)cc1)c1cc(-c2cc(N=Cc3cccc(C)n3)cc(C(F)(F)F)c2)cc(C(C)=Nc2ccc(C(F)(F)F)cc2)n1. The van der Waals surface area contributed by atoms with Crippen LogP contribution in [0.1, 0.15) is 53.3 Å². The van der Waals surface area contributed by atoms with Gasteiger partial charge in [-0.05, 0) is 123 Å². The van der Waals surface area contributed by atoms with E-state index < -0.39 is 35.2 Å². The fourth-order valence-corrected chi connectivity index (χ4v) is 4.81. The van der Waals surface area contributed by atoms with Gasteiger partial charge < -0.3 is 0 Å². The zero-order chi connectivity index (χ0) is 37.1. The molecule has 2 heterocycles. The van der Waals surface area contributed by atoms with Gasteiger partial charge in [0.15, 0.2) is 0 Å². The molecule has 0 spiro atoms. The molecule has 0 aliphatic rings. The predicted octanol–water partition coefficient (Wildman–Crippen LogP) is 11.5. The topological polar surface area (TPSA) is 62.9 Å². The molecular weight excluding hydrogens is 685 g/mol. The van der Waals surface area contributed by atoms with Gasteiger partial charge >= 0.3 is 18.5 Å². The summed E-state index contributed by atoms with van der Waals surface area (Å²) in [5.41, 5.74) is -0.333. The average molecular weight is 712 g/mol. The maximum absolute atomic E-state index is 14.1. The van der Waals surface area contributed by atoms with E-state index in [1.807, 2.05) is 0 Å². The molecule has 5 nitrogen and oxygen atoms in total. The molecule has 14 heteroatoms. The van der Waals surface area contributed by atoms with Gasteiger partial charge in [0.1, 0.15) is 0 Å². The lowest BCUT2D eigenvalue weighted by atomic mass is 9.99. The quantitative estimate of drug-likeness (QED) is 0.125. The van der Waals surface area contributed by atoms with E-state index in [2.05, 4.69) is 24.9 Å². The third-order valence-corrected chi connectivity index (χ3v) is 7.38. The smallest absolute Gasteiger partial charge is 0.255 e. The summed E-state index contributed by atoms with van der Waals surface area (Å²) in [6.07, 6.45) is -12.5. The molecule has 2 aromatic heterocycles. The molecule has 0 unspecified atom stereocenters. The van der Waals surface area contributed by atoms with Crippen LogP contribution in [0.4, 0.5) is 56.6 Å². The first-order valence-corrected chi connectivity index (χ1v) is 15.0. The molecule has 0 aliphatic heterocycles. The summed E-state index contributed by atoms with van der Waals surface area (Å²) in [5, 5.41) is 0. The monoisotopic (exact) mass is 711 g/mol. The normalized spacial score (nSPS) is 13.3. The Morgan fingerprint density at radius 3 is 1.45 bits per heavy atom. The molecule has 51 heavy (non-hydrogen) atoms. The Labute approximate surface area is 286 Å². The van der Waals surface area contributed by atoms with Crippen LogP contribution in [0.15, 0.2) is 112 Å². The molecule has 0 aliphatic carbocycles. The van der Waals surface area contributed by atoms with Gasteiger partial charge in [-0.1, -0.05) is 6.07 Å². The van der Waals surface area contributed by atoms with E-state index in [1.165, 1.54) is 38.3 Å². The van der Waals surface area contributed by atoms with Crippen molar-refractivity contribution < 1.29 is 39.5 Å². The third-order valence-electron chi connectivity index (χ3n) is 7.38. The number of hydrogen-bond acceptors (Lipinski definition) is 5. The second kappa shape index (κ2) is 14.3. The maximum Gasteiger partial charge on any atom is 0.416 e. The van der Waals surface area contributed by atoms with E-state index in [1.54, 1.807) is 25.1 Å². The van der Waals surface area contributed by atoms with Crippen LogP contribution in [0, 0.1) is 6.92 Å². The molecule has 0 saturated carbocycles.